The molecule has 3 atom stereocenters. The van der Waals surface area contributed by atoms with Crippen LogP contribution in [0.25, 0.3) is 0 Å². The van der Waals surface area contributed by atoms with Crippen molar-refractivity contribution in [3.05, 3.63) is 0 Å². The van der Waals surface area contributed by atoms with Crippen LogP contribution in [0.3, 0.4) is 0 Å². The summed E-state index contributed by atoms with van der Waals surface area (Å²) in [4.78, 5) is 0. The fraction of sp³-hybridized carbons (Fsp3) is 1.00. The van der Waals surface area contributed by atoms with E-state index < -0.39 is 9.84 Å². The second kappa shape index (κ2) is 5.91. The summed E-state index contributed by atoms with van der Waals surface area (Å²) in [6, 6.07) is 0.139. The van der Waals surface area contributed by atoms with Crippen molar-refractivity contribution in [2.24, 2.45) is 11.3 Å². The van der Waals surface area contributed by atoms with E-state index in [-0.39, 0.29) is 16.7 Å². The lowest BCUT2D eigenvalue weighted by Crippen LogP contribution is -2.49. The monoisotopic (exact) mass is 275 g/mol. The van der Waals surface area contributed by atoms with E-state index in [9.17, 15) is 8.42 Å². The Morgan fingerprint density at radius 1 is 1.22 bits per heavy atom. The van der Waals surface area contributed by atoms with Gasteiger partial charge in [0, 0.05) is 6.04 Å². The summed E-state index contributed by atoms with van der Waals surface area (Å²) in [5.41, 5.74) is 0.207. The Kier molecular flexibility index (Phi) is 5.24. The quantitative estimate of drug-likeness (QED) is 0.858. The molecule has 3 nitrogen and oxygen atoms in total. The Hall–Kier alpha value is -0.0900. The summed E-state index contributed by atoms with van der Waals surface area (Å²) in [5.74, 6) is 0.839. The summed E-state index contributed by atoms with van der Waals surface area (Å²) in [7, 11) is -1.06. The van der Waals surface area contributed by atoms with Gasteiger partial charge in [0.05, 0.1) is 11.0 Å². The first-order chi connectivity index (χ1) is 8.22. The van der Waals surface area contributed by atoms with Gasteiger partial charge in [-0.2, -0.15) is 0 Å². The van der Waals surface area contributed by atoms with E-state index >= 15 is 0 Å². The molecule has 1 fully saturated rings. The van der Waals surface area contributed by atoms with Crippen molar-refractivity contribution in [2.75, 3.05) is 12.8 Å². The molecule has 4 heteroatoms. The Labute approximate surface area is 113 Å². The molecule has 1 aliphatic rings. The third kappa shape index (κ3) is 3.70. The van der Waals surface area contributed by atoms with Gasteiger partial charge in [0.1, 0.15) is 0 Å². The maximum atomic E-state index is 12.4. The smallest absolute Gasteiger partial charge is 0.154 e. The van der Waals surface area contributed by atoms with Crippen molar-refractivity contribution in [1.29, 1.82) is 0 Å². The number of hydrogen-bond donors (Lipinski definition) is 1. The molecule has 0 spiro atoms. The first kappa shape index (κ1) is 16.0. The normalized spacial score (nSPS) is 30.4. The van der Waals surface area contributed by atoms with Gasteiger partial charge in [0.2, 0.25) is 0 Å². The van der Waals surface area contributed by atoms with Crippen molar-refractivity contribution in [3.63, 3.8) is 0 Å². The zero-order valence-electron chi connectivity index (χ0n) is 12.5. The highest BCUT2D eigenvalue weighted by molar-refractivity contribution is 7.92. The van der Waals surface area contributed by atoms with E-state index in [4.69, 9.17) is 0 Å². The zero-order chi connectivity index (χ0) is 14.0. The van der Waals surface area contributed by atoms with Crippen LogP contribution in [0.15, 0.2) is 0 Å². The van der Waals surface area contributed by atoms with Crippen molar-refractivity contribution < 1.29 is 8.42 Å². The molecule has 0 aromatic rings. The van der Waals surface area contributed by atoms with Crippen molar-refractivity contribution in [1.82, 2.24) is 5.32 Å². The first-order valence-electron chi connectivity index (χ1n) is 7.11. The molecule has 0 aliphatic heterocycles. The number of sulfone groups is 1. The molecule has 1 N–H and O–H groups in total. The summed E-state index contributed by atoms with van der Waals surface area (Å²) in [6.07, 6.45) is 3.64. The van der Waals surface area contributed by atoms with Gasteiger partial charge in [-0.1, -0.05) is 27.7 Å². The average Bonchev–Trinajstić information content (AvgIpc) is 2.27. The Balaban J connectivity index is 2.90. The van der Waals surface area contributed by atoms with Crippen LogP contribution in [0, 0.1) is 11.3 Å². The molecule has 1 aliphatic carbocycles. The van der Waals surface area contributed by atoms with E-state index in [1.165, 1.54) is 0 Å². The molecule has 0 heterocycles. The molecule has 0 saturated heterocycles. The Morgan fingerprint density at radius 3 is 2.28 bits per heavy atom. The molecule has 0 amide bonds. The SMILES string of the molecule is CCCS(=O)(=O)C1CC(C(C)(C)C)CCC1NC. The van der Waals surface area contributed by atoms with Gasteiger partial charge in [0.15, 0.2) is 9.84 Å². The van der Waals surface area contributed by atoms with E-state index in [1.807, 2.05) is 14.0 Å². The number of rotatable bonds is 4. The molecule has 3 unspecified atom stereocenters. The standard InChI is InChI=1S/C14H29NO2S/c1-6-9-18(16,17)13-10-11(14(2,3)4)7-8-12(13)15-5/h11-13,15H,6-10H2,1-5H3. The number of nitrogens with one attached hydrogen (secondary N) is 1. The minimum atomic E-state index is -2.95. The van der Waals surface area contributed by atoms with Gasteiger partial charge in [-0.05, 0) is 44.1 Å². The summed E-state index contributed by atoms with van der Waals surface area (Å²) in [6.45, 7) is 8.61. The summed E-state index contributed by atoms with van der Waals surface area (Å²) >= 11 is 0. The van der Waals surface area contributed by atoms with Crippen LogP contribution in [0.1, 0.15) is 53.4 Å². The van der Waals surface area contributed by atoms with Crippen molar-refractivity contribution in [2.45, 2.75) is 64.7 Å². The van der Waals surface area contributed by atoms with Gasteiger partial charge in [-0.3, -0.25) is 0 Å². The average molecular weight is 275 g/mol. The highest BCUT2D eigenvalue weighted by Gasteiger charge is 2.41. The molecular weight excluding hydrogens is 246 g/mol. The Bertz CT molecular complexity index is 356. The zero-order valence-corrected chi connectivity index (χ0v) is 13.3. The highest BCUT2D eigenvalue weighted by atomic mass is 32.2. The topological polar surface area (TPSA) is 46.2 Å². The fourth-order valence-corrected chi connectivity index (χ4v) is 5.25. The lowest BCUT2D eigenvalue weighted by molar-refractivity contribution is 0.164. The van der Waals surface area contributed by atoms with Crippen LogP contribution in [-0.2, 0) is 9.84 Å². The van der Waals surface area contributed by atoms with Gasteiger partial charge in [-0.25, -0.2) is 8.42 Å². The van der Waals surface area contributed by atoms with E-state index in [0.29, 0.717) is 11.7 Å². The first-order valence-corrected chi connectivity index (χ1v) is 8.82. The van der Waals surface area contributed by atoms with Crippen LogP contribution >= 0.6 is 0 Å². The molecule has 1 rings (SSSR count). The van der Waals surface area contributed by atoms with Crippen molar-refractivity contribution >= 4 is 9.84 Å². The second-order valence-corrected chi connectivity index (χ2v) is 9.02. The molecule has 0 aromatic heterocycles. The van der Waals surface area contributed by atoms with Gasteiger partial charge >= 0.3 is 0 Å². The predicted molar refractivity (Wildman–Crippen MR) is 77.5 cm³/mol. The lowest BCUT2D eigenvalue weighted by Gasteiger charge is -2.41. The molecule has 18 heavy (non-hydrogen) atoms. The number of hydrogen-bond acceptors (Lipinski definition) is 3. The van der Waals surface area contributed by atoms with Crippen LogP contribution in [0.4, 0.5) is 0 Å². The molecule has 0 radical (unpaired) electrons. The third-order valence-corrected chi connectivity index (χ3v) is 6.76. The van der Waals surface area contributed by atoms with Crippen LogP contribution in [0.2, 0.25) is 0 Å². The van der Waals surface area contributed by atoms with Crippen LogP contribution < -0.4 is 5.32 Å². The predicted octanol–water partition coefficient (Wildman–Crippen LogP) is 2.61. The van der Waals surface area contributed by atoms with Crippen LogP contribution in [-0.4, -0.2) is 32.5 Å². The van der Waals surface area contributed by atoms with Crippen molar-refractivity contribution in [3.8, 4) is 0 Å². The molecular formula is C14H29NO2S. The van der Waals surface area contributed by atoms with E-state index in [2.05, 4.69) is 26.1 Å². The maximum absolute atomic E-state index is 12.4. The second-order valence-electron chi connectivity index (χ2n) is 6.68. The molecule has 0 bridgehead atoms. The van der Waals surface area contributed by atoms with Gasteiger partial charge in [0.25, 0.3) is 0 Å². The maximum Gasteiger partial charge on any atom is 0.154 e. The minimum absolute atomic E-state index is 0.139. The summed E-state index contributed by atoms with van der Waals surface area (Å²) in [5, 5.41) is 3.02. The molecule has 0 aromatic carbocycles. The van der Waals surface area contributed by atoms with Gasteiger partial charge in [-0.15, -0.1) is 0 Å². The summed E-state index contributed by atoms with van der Waals surface area (Å²) < 4.78 is 24.8. The third-order valence-electron chi connectivity index (χ3n) is 4.34. The van der Waals surface area contributed by atoms with E-state index in [0.717, 1.165) is 25.7 Å². The fourth-order valence-electron chi connectivity index (χ4n) is 3.08. The minimum Gasteiger partial charge on any atom is -0.316 e. The van der Waals surface area contributed by atoms with Crippen LogP contribution in [0.5, 0.6) is 0 Å². The Morgan fingerprint density at radius 2 is 1.83 bits per heavy atom. The highest BCUT2D eigenvalue weighted by Crippen LogP contribution is 2.40. The molecule has 1 saturated carbocycles. The lowest BCUT2D eigenvalue weighted by atomic mass is 9.71. The van der Waals surface area contributed by atoms with Gasteiger partial charge < -0.3 is 5.32 Å². The van der Waals surface area contributed by atoms with E-state index in [1.54, 1.807) is 0 Å². The largest absolute Gasteiger partial charge is 0.316 e. The molecule has 108 valence electrons.